The summed E-state index contributed by atoms with van der Waals surface area (Å²) in [5.74, 6) is -3.22. The average Bonchev–Trinajstić information content (AvgIpc) is 2.91. The van der Waals surface area contributed by atoms with E-state index in [1.807, 2.05) is 60.7 Å². The maximum atomic E-state index is 13.5. The minimum Gasteiger partial charge on any atom is -0.466 e. The van der Waals surface area contributed by atoms with Crippen molar-refractivity contribution in [1.29, 1.82) is 0 Å². The molecule has 9 heteroatoms. The number of benzene rings is 3. The van der Waals surface area contributed by atoms with Crippen LogP contribution in [0.3, 0.4) is 0 Å². The van der Waals surface area contributed by atoms with Crippen LogP contribution in [0.5, 0.6) is 0 Å². The Kier molecular flexibility index (Phi) is 10.4. The number of amides is 1. The standard InChI is InChI=1S/C29H33NO7S/c1-3-38(34,35)20-25(18-24-14-9-13-23-12-7-8-15-26(23)24)28(32)30-27(16-17-36-21(2)31)29(33)37-19-22-10-5-4-6-11-22/h4-15,25,27H,3,16-20H2,1-2H3,(H,30,32)/t25-,27+/m1/s1. The fourth-order valence-electron chi connectivity index (χ4n) is 4.08. The van der Waals surface area contributed by atoms with Crippen LogP contribution >= 0.6 is 0 Å². The monoisotopic (exact) mass is 539 g/mol. The fourth-order valence-corrected chi connectivity index (χ4v) is 5.19. The van der Waals surface area contributed by atoms with E-state index in [9.17, 15) is 22.8 Å². The molecule has 0 heterocycles. The third-order valence-corrected chi connectivity index (χ3v) is 7.94. The molecule has 0 bridgehead atoms. The molecule has 1 amide bonds. The Labute approximate surface area is 223 Å². The molecule has 0 saturated carbocycles. The number of sulfone groups is 1. The lowest BCUT2D eigenvalue weighted by Crippen LogP contribution is -2.47. The molecule has 0 aromatic heterocycles. The van der Waals surface area contributed by atoms with Gasteiger partial charge >= 0.3 is 11.9 Å². The zero-order chi connectivity index (χ0) is 27.5. The van der Waals surface area contributed by atoms with E-state index in [0.717, 1.165) is 21.9 Å². The predicted molar refractivity (Wildman–Crippen MR) is 145 cm³/mol. The molecule has 0 saturated heterocycles. The molecule has 38 heavy (non-hydrogen) atoms. The van der Waals surface area contributed by atoms with Gasteiger partial charge in [0.05, 0.1) is 18.3 Å². The van der Waals surface area contributed by atoms with Gasteiger partial charge in [0.2, 0.25) is 5.91 Å². The molecule has 2 atom stereocenters. The van der Waals surface area contributed by atoms with Gasteiger partial charge in [0.1, 0.15) is 12.6 Å². The zero-order valence-electron chi connectivity index (χ0n) is 21.6. The van der Waals surface area contributed by atoms with E-state index in [0.29, 0.717) is 0 Å². The summed E-state index contributed by atoms with van der Waals surface area (Å²) in [6.45, 7) is 2.67. The van der Waals surface area contributed by atoms with Crippen LogP contribution in [0.2, 0.25) is 0 Å². The number of rotatable bonds is 13. The molecule has 3 aromatic rings. The van der Waals surface area contributed by atoms with Gasteiger partial charge in [0, 0.05) is 19.1 Å². The highest BCUT2D eigenvalue weighted by molar-refractivity contribution is 7.91. The van der Waals surface area contributed by atoms with E-state index in [1.165, 1.54) is 13.8 Å². The first-order valence-electron chi connectivity index (χ1n) is 12.5. The summed E-state index contributed by atoms with van der Waals surface area (Å²) < 4.78 is 35.5. The van der Waals surface area contributed by atoms with Crippen LogP contribution in [0, 0.1) is 5.92 Å². The van der Waals surface area contributed by atoms with Crippen molar-refractivity contribution in [2.75, 3.05) is 18.1 Å². The molecule has 0 fully saturated rings. The van der Waals surface area contributed by atoms with E-state index in [4.69, 9.17) is 9.47 Å². The van der Waals surface area contributed by atoms with Crippen LogP contribution < -0.4 is 5.32 Å². The summed E-state index contributed by atoms with van der Waals surface area (Å²) in [5.41, 5.74) is 1.60. The molecule has 0 aliphatic carbocycles. The Morgan fingerprint density at radius 2 is 1.58 bits per heavy atom. The highest BCUT2D eigenvalue weighted by atomic mass is 32.2. The molecular weight excluding hydrogens is 506 g/mol. The molecule has 0 spiro atoms. The molecule has 8 nitrogen and oxygen atoms in total. The van der Waals surface area contributed by atoms with Crippen molar-refractivity contribution in [1.82, 2.24) is 5.32 Å². The molecule has 3 aromatic carbocycles. The predicted octanol–water partition coefficient (Wildman–Crippen LogP) is 3.61. The molecular formula is C29H33NO7S. The number of hydrogen-bond donors (Lipinski definition) is 1. The van der Waals surface area contributed by atoms with Gasteiger partial charge < -0.3 is 14.8 Å². The van der Waals surface area contributed by atoms with Crippen LogP contribution in [0.15, 0.2) is 72.8 Å². The summed E-state index contributed by atoms with van der Waals surface area (Å²) in [5, 5.41) is 4.58. The van der Waals surface area contributed by atoms with Crippen LogP contribution in [0.4, 0.5) is 0 Å². The SMILES string of the molecule is CCS(=O)(=O)C[C@@H](Cc1cccc2ccccc12)C(=O)N[C@@H](CCOC(C)=O)C(=O)OCc1ccccc1. The maximum absolute atomic E-state index is 13.5. The molecule has 0 aliphatic heterocycles. The molecule has 0 unspecified atom stereocenters. The number of hydrogen-bond acceptors (Lipinski definition) is 7. The molecule has 3 rings (SSSR count). The summed E-state index contributed by atoms with van der Waals surface area (Å²) in [7, 11) is -3.51. The first kappa shape index (κ1) is 28.8. The van der Waals surface area contributed by atoms with Gasteiger partial charge in [0.25, 0.3) is 0 Å². The average molecular weight is 540 g/mol. The second-order valence-electron chi connectivity index (χ2n) is 9.02. The first-order chi connectivity index (χ1) is 18.2. The normalized spacial score (nSPS) is 12.9. The second-order valence-corrected chi connectivity index (χ2v) is 11.4. The van der Waals surface area contributed by atoms with Crippen molar-refractivity contribution >= 4 is 38.5 Å². The molecule has 0 radical (unpaired) electrons. The van der Waals surface area contributed by atoms with Gasteiger partial charge in [-0.2, -0.15) is 0 Å². The molecule has 0 aliphatic rings. The van der Waals surface area contributed by atoms with E-state index >= 15 is 0 Å². The summed E-state index contributed by atoms with van der Waals surface area (Å²) >= 11 is 0. The van der Waals surface area contributed by atoms with Crippen LogP contribution in [-0.2, 0) is 46.7 Å². The van der Waals surface area contributed by atoms with Crippen molar-refractivity contribution in [2.45, 2.75) is 39.3 Å². The lowest BCUT2D eigenvalue weighted by molar-refractivity contribution is -0.151. The van der Waals surface area contributed by atoms with Crippen LogP contribution in [0.25, 0.3) is 10.8 Å². The van der Waals surface area contributed by atoms with Crippen molar-refractivity contribution in [3.05, 3.63) is 83.9 Å². The molecule has 1 N–H and O–H groups in total. The number of fused-ring (bicyclic) bond motifs is 1. The van der Waals surface area contributed by atoms with Crippen LogP contribution in [-0.4, -0.2) is 50.4 Å². The fraction of sp³-hybridized carbons (Fsp3) is 0.345. The minimum atomic E-state index is -3.51. The number of carbonyl (C=O) groups excluding carboxylic acids is 3. The summed E-state index contributed by atoms with van der Waals surface area (Å²) in [6.07, 6.45) is 0.155. The second kappa shape index (κ2) is 13.7. The zero-order valence-corrected chi connectivity index (χ0v) is 22.4. The lowest BCUT2D eigenvalue weighted by atomic mass is 9.95. The third-order valence-electron chi connectivity index (χ3n) is 6.15. The quantitative estimate of drug-likeness (QED) is 0.330. The highest BCUT2D eigenvalue weighted by Crippen LogP contribution is 2.22. The molecule has 202 valence electrons. The third kappa shape index (κ3) is 8.69. The Balaban J connectivity index is 1.81. The van der Waals surface area contributed by atoms with Gasteiger partial charge in [-0.3, -0.25) is 9.59 Å². The topological polar surface area (TPSA) is 116 Å². The van der Waals surface area contributed by atoms with E-state index in [2.05, 4.69) is 5.32 Å². The van der Waals surface area contributed by atoms with Gasteiger partial charge in [-0.05, 0) is 28.3 Å². The maximum Gasteiger partial charge on any atom is 0.329 e. The van der Waals surface area contributed by atoms with E-state index < -0.39 is 39.6 Å². The number of carbonyl (C=O) groups is 3. The van der Waals surface area contributed by atoms with Gasteiger partial charge in [-0.25, -0.2) is 13.2 Å². The largest absolute Gasteiger partial charge is 0.466 e. The van der Waals surface area contributed by atoms with Crippen molar-refractivity contribution < 1.29 is 32.3 Å². The van der Waals surface area contributed by atoms with Crippen molar-refractivity contribution in [3.63, 3.8) is 0 Å². The Bertz CT molecular complexity index is 1350. The highest BCUT2D eigenvalue weighted by Gasteiger charge is 2.30. The Morgan fingerprint density at radius 1 is 0.895 bits per heavy atom. The number of nitrogens with one attached hydrogen (secondary N) is 1. The van der Waals surface area contributed by atoms with Gasteiger partial charge in [-0.1, -0.05) is 79.7 Å². The summed E-state index contributed by atoms with van der Waals surface area (Å²) in [6, 6.07) is 21.3. The van der Waals surface area contributed by atoms with Crippen molar-refractivity contribution in [3.8, 4) is 0 Å². The Morgan fingerprint density at radius 3 is 2.29 bits per heavy atom. The minimum absolute atomic E-state index is 0.00323. The van der Waals surface area contributed by atoms with E-state index in [1.54, 1.807) is 12.1 Å². The van der Waals surface area contributed by atoms with Gasteiger partial charge in [-0.15, -0.1) is 0 Å². The first-order valence-corrected chi connectivity index (χ1v) is 14.3. The smallest absolute Gasteiger partial charge is 0.329 e. The van der Waals surface area contributed by atoms with Gasteiger partial charge in [0.15, 0.2) is 9.84 Å². The van der Waals surface area contributed by atoms with E-state index in [-0.39, 0.29) is 37.6 Å². The van der Waals surface area contributed by atoms with Crippen molar-refractivity contribution in [2.24, 2.45) is 5.92 Å². The number of ether oxygens (including phenoxy) is 2. The van der Waals surface area contributed by atoms with Crippen LogP contribution in [0.1, 0.15) is 31.4 Å². The summed E-state index contributed by atoms with van der Waals surface area (Å²) in [4.78, 5) is 37.6. The lowest BCUT2D eigenvalue weighted by Gasteiger charge is -2.22. The number of esters is 2. The Hall–Kier alpha value is -3.72.